The molecule has 3 aliphatic rings. The monoisotopic (exact) mass is 531 g/mol. The Hall–Kier alpha value is -2.26. The fourth-order valence-electron chi connectivity index (χ4n) is 5.50. The number of imide groups is 1. The molecule has 0 bridgehead atoms. The van der Waals surface area contributed by atoms with E-state index in [1.807, 2.05) is 0 Å². The summed E-state index contributed by atoms with van der Waals surface area (Å²) < 4.78 is 0.738. The van der Waals surface area contributed by atoms with Gasteiger partial charge in [-0.2, -0.15) is 0 Å². The smallest absolute Gasteiger partial charge is 0.250 e. The zero-order valence-corrected chi connectivity index (χ0v) is 20.6. The standard InChI is InChI=1S/C24H23BrClN3O4/c1-23(2,3)29-20(31)16-17(21(29)32)24(14-10-12(25)6-9-15(14)27-22(24)33)28-18(16)19(30)11-4-7-13(26)8-5-11/h4-10,16-19,28,30H,1-3H3,(H,27,33)/t16-,17-,18-,19-,24-/m0/s1. The zero-order valence-electron chi connectivity index (χ0n) is 18.2. The average molecular weight is 533 g/mol. The second kappa shape index (κ2) is 7.37. The van der Waals surface area contributed by atoms with Gasteiger partial charge in [-0.05, 0) is 56.7 Å². The summed E-state index contributed by atoms with van der Waals surface area (Å²) in [4.78, 5) is 42.2. The first-order valence-corrected chi connectivity index (χ1v) is 11.8. The highest BCUT2D eigenvalue weighted by molar-refractivity contribution is 9.10. The number of carbonyl (C=O) groups is 3. The number of rotatable bonds is 2. The van der Waals surface area contributed by atoms with E-state index in [1.54, 1.807) is 63.2 Å². The third-order valence-electron chi connectivity index (χ3n) is 6.83. The van der Waals surface area contributed by atoms with Gasteiger partial charge in [0.15, 0.2) is 0 Å². The van der Waals surface area contributed by atoms with Crippen LogP contribution in [0.4, 0.5) is 5.69 Å². The fourth-order valence-corrected chi connectivity index (χ4v) is 5.99. The number of halogens is 2. The summed E-state index contributed by atoms with van der Waals surface area (Å²) >= 11 is 9.46. The van der Waals surface area contributed by atoms with Crippen LogP contribution in [-0.4, -0.2) is 39.3 Å². The molecule has 0 unspecified atom stereocenters. The minimum Gasteiger partial charge on any atom is -0.387 e. The normalized spacial score (nSPS) is 29.5. The molecule has 3 N–H and O–H groups in total. The van der Waals surface area contributed by atoms with Gasteiger partial charge in [-0.1, -0.05) is 39.7 Å². The van der Waals surface area contributed by atoms with Crippen molar-refractivity contribution < 1.29 is 19.5 Å². The number of nitrogens with one attached hydrogen (secondary N) is 2. The number of carbonyl (C=O) groups excluding carboxylic acids is 3. The van der Waals surface area contributed by atoms with Crippen LogP contribution >= 0.6 is 27.5 Å². The van der Waals surface area contributed by atoms with Gasteiger partial charge in [0.1, 0.15) is 5.54 Å². The first kappa shape index (κ1) is 22.5. The fraction of sp³-hybridized carbons (Fsp3) is 0.375. The minimum absolute atomic E-state index is 0.392. The Morgan fingerprint density at radius 3 is 2.39 bits per heavy atom. The zero-order chi connectivity index (χ0) is 23.9. The number of likely N-dealkylation sites (tertiary alicyclic amines) is 1. The molecule has 3 aliphatic heterocycles. The molecular formula is C24H23BrClN3O4. The molecular weight excluding hydrogens is 510 g/mol. The van der Waals surface area contributed by atoms with Gasteiger partial charge >= 0.3 is 0 Å². The molecule has 0 aliphatic carbocycles. The molecule has 3 heterocycles. The van der Waals surface area contributed by atoms with Crippen LogP contribution in [0.25, 0.3) is 0 Å². The number of hydrogen-bond donors (Lipinski definition) is 3. The van der Waals surface area contributed by atoms with Gasteiger partial charge in [0, 0.05) is 26.3 Å². The van der Waals surface area contributed by atoms with Crippen molar-refractivity contribution in [1.29, 1.82) is 0 Å². The lowest BCUT2D eigenvalue weighted by Crippen LogP contribution is -2.56. The van der Waals surface area contributed by atoms with Gasteiger partial charge in [-0.25, -0.2) is 0 Å². The Balaban J connectivity index is 1.69. The lowest BCUT2D eigenvalue weighted by Gasteiger charge is -2.35. The number of benzene rings is 2. The molecule has 2 aromatic carbocycles. The van der Waals surface area contributed by atoms with Crippen molar-refractivity contribution >= 4 is 50.9 Å². The van der Waals surface area contributed by atoms with Crippen LogP contribution in [0.1, 0.15) is 38.0 Å². The van der Waals surface area contributed by atoms with Crippen LogP contribution in [0.3, 0.4) is 0 Å². The summed E-state index contributed by atoms with van der Waals surface area (Å²) in [5.41, 5.74) is -0.556. The maximum atomic E-state index is 13.8. The summed E-state index contributed by atoms with van der Waals surface area (Å²) in [5.74, 6) is -3.13. The van der Waals surface area contributed by atoms with Gasteiger partial charge in [-0.3, -0.25) is 24.6 Å². The first-order valence-electron chi connectivity index (χ1n) is 10.7. The third-order valence-corrected chi connectivity index (χ3v) is 7.58. The highest BCUT2D eigenvalue weighted by atomic mass is 79.9. The number of fused-ring (bicyclic) bond motifs is 4. The molecule has 2 fully saturated rings. The molecule has 0 saturated carbocycles. The Kier molecular flexibility index (Phi) is 5.03. The van der Waals surface area contributed by atoms with Crippen LogP contribution in [0.2, 0.25) is 5.02 Å². The highest BCUT2D eigenvalue weighted by Crippen LogP contribution is 2.55. The van der Waals surface area contributed by atoms with Crippen molar-refractivity contribution in [1.82, 2.24) is 10.2 Å². The SMILES string of the molecule is CC(C)(C)N1C(=O)[C@@H]2[C@@H]([C@@H](O)c3ccc(Cl)cc3)N[C@]3(C(=O)Nc4ccc(Br)cc43)[C@@H]2C1=O. The quantitative estimate of drug-likeness (QED) is 0.515. The van der Waals surface area contributed by atoms with Crippen molar-refractivity contribution in [2.45, 2.75) is 44.0 Å². The van der Waals surface area contributed by atoms with E-state index in [-0.39, 0.29) is 0 Å². The van der Waals surface area contributed by atoms with E-state index >= 15 is 0 Å². The molecule has 0 aromatic heterocycles. The van der Waals surface area contributed by atoms with Gasteiger partial charge in [0.05, 0.1) is 24.0 Å². The van der Waals surface area contributed by atoms with E-state index in [2.05, 4.69) is 26.6 Å². The molecule has 1 spiro atoms. The molecule has 2 aromatic rings. The summed E-state index contributed by atoms with van der Waals surface area (Å²) in [6, 6.07) is 11.1. The Bertz CT molecular complexity index is 1200. The van der Waals surface area contributed by atoms with E-state index in [4.69, 9.17) is 11.6 Å². The number of aliphatic hydroxyl groups excluding tert-OH is 1. The van der Waals surface area contributed by atoms with Gasteiger partial charge in [0.25, 0.3) is 0 Å². The first-order chi connectivity index (χ1) is 15.5. The second-order valence-electron chi connectivity index (χ2n) is 9.80. The predicted molar refractivity (Wildman–Crippen MR) is 126 cm³/mol. The summed E-state index contributed by atoms with van der Waals surface area (Å²) in [6.07, 6.45) is -1.14. The van der Waals surface area contributed by atoms with Crippen LogP contribution in [-0.2, 0) is 19.9 Å². The largest absolute Gasteiger partial charge is 0.387 e. The van der Waals surface area contributed by atoms with Crippen LogP contribution in [0.15, 0.2) is 46.9 Å². The van der Waals surface area contributed by atoms with Crippen molar-refractivity contribution in [3.8, 4) is 0 Å². The van der Waals surface area contributed by atoms with Gasteiger partial charge in [0.2, 0.25) is 17.7 Å². The van der Waals surface area contributed by atoms with E-state index < -0.39 is 52.8 Å². The summed E-state index contributed by atoms with van der Waals surface area (Å²) in [7, 11) is 0. The molecule has 33 heavy (non-hydrogen) atoms. The topological polar surface area (TPSA) is 98.7 Å². The third kappa shape index (κ3) is 3.11. The average Bonchev–Trinajstić information content (AvgIpc) is 3.33. The van der Waals surface area contributed by atoms with E-state index in [1.165, 1.54) is 4.90 Å². The number of aliphatic hydroxyl groups is 1. The number of amides is 3. The Morgan fingerprint density at radius 2 is 1.76 bits per heavy atom. The minimum atomic E-state index is -1.48. The molecule has 3 amide bonds. The maximum absolute atomic E-state index is 13.8. The molecule has 2 saturated heterocycles. The Labute approximate surface area is 204 Å². The molecule has 7 nitrogen and oxygen atoms in total. The Morgan fingerprint density at radius 1 is 1.09 bits per heavy atom. The maximum Gasteiger partial charge on any atom is 0.250 e. The van der Waals surface area contributed by atoms with Gasteiger partial charge in [-0.15, -0.1) is 0 Å². The van der Waals surface area contributed by atoms with Crippen molar-refractivity contribution in [2.24, 2.45) is 11.8 Å². The summed E-state index contributed by atoms with van der Waals surface area (Å²) in [6.45, 7) is 5.36. The van der Waals surface area contributed by atoms with E-state index in [0.29, 0.717) is 21.8 Å². The lowest BCUT2D eigenvalue weighted by atomic mass is 9.76. The molecule has 9 heteroatoms. The number of nitrogens with zero attached hydrogens (tertiary/aromatic N) is 1. The molecule has 0 radical (unpaired) electrons. The summed E-state index contributed by atoms with van der Waals surface area (Å²) in [5, 5.41) is 18.0. The molecule has 5 rings (SSSR count). The van der Waals surface area contributed by atoms with E-state index in [9.17, 15) is 19.5 Å². The second-order valence-corrected chi connectivity index (χ2v) is 11.2. The van der Waals surface area contributed by atoms with Crippen LogP contribution < -0.4 is 10.6 Å². The van der Waals surface area contributed by atoms with Gasteiger partial charge < -0.3 is 10.4 Å². The predicted octanol–water partition coefficient (Wildman–Crippen LogP) is 3.36. The van der Waals surface area contributed by atoms with Crippen LogP contribution in [0, 0.1) is 11.8 Å². The van der Waals surface area contributed by atoms with Crippen molar-refractivity contribution in [3.05, 3.63) is 63.1 Å². The highest BCUT2D eigenvalue weighted by Gasteiger charge is 2.72. The molecule has 5 atom stereocenters. The number of hydrogen-bond acceptors (Lipinski definition) is 5. The lowest BCUT2D eigenvalue weighted by molar-refractivity contribution is -0.148. The van der Waals surface area contributed by atoms with E-state index in [0.717, 1.165) is 4.47 Å². The van der Waals surface area contributed by atoms with Crippen molar-refractivity contribution in [3.63, 3.8) is 0 Å². The molecule has 172 valence electrons. The van der Waals surface area contributed by atoms with Crippen LogP contribution in [0.5, 0.6) is 0 Å². The van der Waals surface area contributed by atoms with Crippen molar-refractivity contribution in [2.75, 3.05) is 5.32 Å². The number of anilines is 1.